The summed E-state index contributed by atoms with van der Waals surface area (Å²) in [5, 5.41) is 1.01. The van der Waals surface area contributed by atoms with Crippen LogP contribution in [0, 0.1) is 12.8 Å². The molecule has 1 atom stereocenters. The first kappa shape index (κ1) is 10.8. The molecular formula is C10H17N3OS. The van der Waals surface area contributed by atoms with Crippen LogP contribution in [0.3, 0.4) is 0 Å². The van der Waals surface area contributed by atoms with E-state index in [1.165, 1.54) is 24.4 Å². The largest absolute Gasteiger partial charge is 0.381 e. The Bertz CT molecular complexity index is 309. The summed E-state index contributed by atoms with van der Waals surface area (Å²) in [6.45, 7) is 4.77. The molecule has 15 heavy (non-hydrogen) atoms. The summed E-state index contributed by atoms with van der Waals surface area (Å²) < 4.78 is 9.65. The summed E-state index contributed by atoms with van der Waals surface area (Å²) in [5.41, 5.74) is 0. The molecule has 1 aromatic rings. The zero-order chi connectivity index (χ0) is 10.7. The third-order valence-corrected chi connectivity index (χ3v) is 3.55. The van der Waals surface area contributed by atoms with Gasteiger partial charge in [-0.05, 0) is 25.7 Å². The lowest BCUT2D eigenvalue weighted by atomic mass is 10.0. The Morgan fingerprint density at radius 3 is 3.07 bits per heavy atom. The van der Waals surface area contributed by atoms with Gasteiger partial charge in [-0.25, -0.2) is 4.98 Å². The van der Waals surface area contributed by atoms with Crippen LogP contribution >= 0.6 is 11.5 Å². The highest BCUT2D eigenvalue weighted by atomic mass is 32.1. The zero-order valence-corrected chi connectivity index (χ0v) is 10.1. The molecule has 2 rings (SSSR count). The van der Waals surface area contributed by atoms with Crippen molar-refractivity contribution in [2.24, 2.45) is 5.92 Å². The average molecular weight is 227 g/mol. The third-order valence-electron chi connectivity index (χ3n) is 2.63. The van der Waals surface area contributed by atoms with Gasteiger partial charge in [0.1, 0.15) is 5.82 Å². The fraction of sp³-hybridized carbons (Fsp3) is 0.800. The predicted octanol–water partition coefficient (Wildman–Crippen LogP) is 1.71. The summed E-state index contributed by atoms with van der Waals surface area (Å²) in [6.07, 6.45) is 2.45. The van der Waals surface area contributed by atoms with Gasteiger partial charge in [0, 0.05) is 31.7 Å². The summed E-state index contributed by atoms with van der Waals surface area (Å²) in [7, 11) is 2.08. The first-order valence-electron chi connectivity index (χ1n) is 5.35. The molecule has 4 nitrogen and oxygen atoms in total. The number of rotatable bonds is 3. The maximum Gasteiger partial charge on any atom is 0.204 e. The van der Waals surface area contributed by atoms with Gasteiger partial charge in [-0.2, -0.15) is 4.37 Å². The minimum Gasteiger partial charge on any atom is -0.381 e. The second-order valence-corrected chi connectivity index (χ2v) is 4.82. The Morgan fingerprint density at radius 1 is 1.60 bits per heavy atom. The van der Waals surface area contributed by atoms with E-state index in [2.05, 4.69) is 21.3 Å². The van der Waals surface area contributed by atoms with Crippen LogP contribution in [0.5, 0.6) is 0 Å². The second kappa shape index (κ2) is 4.90. The Labute approximate surface area is 94.4 Å². The van der Waals surface area contributed by atoms with E-state index in [0.29, 0.717) is 5.92 Å². The van der Waals surface area contributed by atoms with Crippen LogP contribution in [0.2, 0.25) is 0 Å². The molecule has 1 fully saturated rings. The maximum atomic E-state index is 5.46. The smallest absolute Gasteiger partial charge is 0.204 e. The van der Waals surface area contributed by atoms with Crippen LogP contribution in [0.25, 0.3) is 0 Å². The lowest BCUT2D eigenvalue weighted by Gasteiger charge is -2.26. The molecule has 0 N–H and O–H groups in total. The SMILES string of the molecule is Cc1nsc(N(C)CC2CCCOC2)n1. The molecule has 0 amide bonds. The van der Waals surface area contributed by atoms with Crippen LogP contribution in [0.15, 0.2) is 0 Å². The highest BCUT2D eigenvalue weighted by molar-refractivity contribution is 7.09. The summed E-state index contributed by atoms with van der Waals surface area (Å²) >= 11 is 1.47. The summed E-state index contributed by atoms with van der Waals surface area (Å²) in [6, 6.07) is 0. The fourth-order valence-corrected chi connectivity index (χ4v) is 2.50. The summed E-state index contributed by atoms with van der Waals surface area (Å²) in [4.78, 5) is 6.55. The Kier molecular flexibility index (Phi) is 3.53. The van der Waals surface area contributed by atoms with Gasteiger partial charge in [-0.15, -0.1) is 0 Å². The van der Waals surface area contributed by atoms with Gasteiger partial charge in [0.2, 0.25) is 5.13 Å². The lowest BCUT2D eigenvalue weighted by molar-refractivity contribution is 0.0576. The quantitative estimate of drug-likeness (QED) is 0.788. The number of ether oxygens (including phenoxy) is 1. The maximum absolute atomic E-state index is 5.46. The van der Waals surface area contributed by atoms with Crippen molar-refractivity contribution >= 4 is 16.7 Å². The van der Waals surface area contributed by atoms with E-state index in [1.807, 2.05) is 6.92 Å². The Morgan fingerprint density at radius 2 is 2.47 bits per heavy atom. The highest BCUT2D eigenvalue weighted by Crippen LogP contribution is 2.20. The van der Waals surface area contributed by atoms with Gasteiger partial charge in [0.15, 0.2) is 0 Å². The molecule has 2 heterocycles. The molecule has 1 unspecified atom stereocenters. The summed E-state index contributed by atoms with van der Waals surface area (Å²) in [5.74, 6) is 1.51. The first-order valence-corrected chi connectivity index (χ1v) is 6.12. The molecule has 1 aromatic heterocycles. The topological polar surface area (TPSA) is 38.2 Å². The van der Waals surface area contributed by atoms with E-state index in [9.17, 15) is 0 Å². The fourth-order valence-electron chi connectivity index (χ4n) is 1.86. The zero-order valence-electron chi connectivity index (χ0n) is 9.27. The molecule has 0 spiro atoms. The van der Waals surface area contributed by atoms with Crippen molar-refractivity contribution in [2.75, 3.05) is 31.7 Å². The molecule has 1 aliphatic rings. The van der Waals surface area contributed by atoms with E-state index in [1.54, 1.807) is 0 Å². The number of anilines is 1. The number of hydrogen-bond donors (Lipinski definition) is 0. The Balaban J connectivity index is 1.88. The Hall–Kier alpha value is -0.680. The lowest BCUT2D eigenvalue weighted by Crippen LogP contribution is -2.30. The number of aromatic nitrogens is 2. The van der Waals surface area contributed by atoms with E-state index in [0.717, 1.165) is 30.7 Å². The van der Waals surface area contributed by atoms with E-state index in [4.69, 9.17) is 4.74 Å². The van der Waals surface area contributed by atoms with Gasteiger partial charge in [-0.3, -0.25) is 0 Å². The van der Waals surface area contributed by atoms with Gasteiger partial charge in [0.25, 0.3) is 0 Å². The molecule has 0 aliphatic carbocycles. The van der Waals surface area contributed by atoms with Crippen LogP contribution in [0.4, 0.5) is 5.13 Å². The molecule has 1 aliphatic heterocycles. The van der Waals surface area contributed by atoms with Gasteiger partial charge >= 0.3 is 0 Å². The molecule has 0 saturated carbocycles. The number of aryl methyl sites for hydroxylation is 1. The van der Waals surface area contributed by atoms with Gasteiger partial charge in [0.05, 0.1) is 6.61 Å². The third kappa shape index (κ3) is 2.89. The normalized spacial score (nSPS) is 21.6. The molecule has 0 aromatic carbocycles. The molecular weight excluding hydrogens is 210 g/mol. The van der Waals surface area contributed by atoms with Crippen molar-refractivity contribution < 1.29 is 4.74 Å². The van der Waals surface area contributed by atoms with Crippen LogP contribution in [-0.2, 0) is 4.74 Å². The van der Waals surface area contributed by atoms with Crippen molar-refractivity contribution in [1.29, 1.82) is 0 Å². The van der Waals surface area contributed by atoms with Crippen molar-refractivity contribution in [1.82, 2.24) is 9.36 Å². The van der Waals surface area contributed by atoms with E-state index < -0.39 is 0 Å². The number of nitrogens with zero attached hydrogens (tertiary/aromatic N) is 3. The van der Waals surface area contributed by atoms with Crippen LogP contribution < -0.4 is 4.90 Å². The molecule has 0 bridgehead atoms. The predicted molar refractivity (Wildman–Crippen MR) is 61.5 cm³/mol. The highest BCUT2D eigenvalue weighted by Gasteiger charge is 2.17. The molecule has 84 valence electrons. The molecule has 0 radical (unpaired) electrons. The number of hydrogen-bond acceptors (Lipinski definition) is 5. The van der Waals surface area contributed by atoms with Crippen molar-refractivity contribution in [3.63, 3.8) is 0 Å². The standard InChI is InChI=1S/C10H17N3OS/c1-8-11-10(15-12-8)13(2)6-9-4-3-5-14-7-9/h9H,3-7H2,1-2H3. The second-order valence-electron chi connectivity index (χ2n) is 4.09. The van der Waals surface area contributed by atoms with Crippen molar-refractivity contribution in [3.05, 3.63) is 5.82 Å². The van der Waals surface area contributed by atoms with Crippen molar-refractivity contribution in [2.45, 2.75) is 19.8 Å². The molecule has 1 saturated heterocycles. The minimum atomic E-state index is 0.646. The van der Waals surface area contributed by atoms with Crippen LogP contribution in [0.1, 0.15) is 18.7 Å². The average Bonchev–Trinajstić information content (AvgIpc) is 2.66. The van der Waals surface area contributed by atoms with Crippen LogP contribution in [-0.4, -0.2) is 36.2 Å². The minimum absolute atomic E-state index is 0.646. The molecule has 5 heteroatoms. The van der Waals surface area contributed by atoms with Crippen molar-refractivity contribution in [3.8, 4) is 0 Å². The van der Waals surface area contributed by atoms with Gasteiger partial charge < -0.3 is 9.64 Å². The monoisotopic (exact) mass is 227 g/mol. The first-order chi connectivity index (χ1) is 7.25. The van der Waals surface area contributed by atoms with Gasteiger partial charge in [-0.1, -0.05) is 0 Å². The van der Waals surface area contributed by atoms with E-state index in [-0.39, 0.29) is 0 Å². The van der Waals surface area contributed by atoms with E-state index >= 15 is 0 Å².